The van der Waals surface area contributed by atoms with Crippen LogP contribution in [0.25, 0.3) is 0 Å². The number of ether oxygens (including phenoxy) is 2. The molecule has 3 aliphatic rings. The lowest BCUT2D eigenvalue weighted by Crippen LogP contribution is -2.59. The number of halogens is 1. The lowest BCUT2D eigenvalue weighted by molar-refractivity contribution is -0.156. The van der Waals surface area contributed by atoms with E-state index in [-0.39, 0.29) is 36.4 Å². The molecule has 8 nitrogen and oxygen atoms in total. The fourth-order valence-corrected chi connectivity index (χ4v) is 7.79. The highest BCUT2D eigenvalue weighted by Crippen LogP contribution is 2.60. The highest BCUT2D eigenvalue weighted by Gasteiger charge is 2.77. The highest BCUT2D eigenvalue weighted by molar-refractivity contribution is 9.09. The van der Waals surface area contributed by atoms with Crippen molar-refractivity contribution in [2.24, 2.45) is 11.8 Å². The number of aliphatic hydroxyl groups is 1. The summed E-state index contributed by atoms with van der Waals surface area (Å²) < 4.78 is 12.2. The molecule has 0 aromatic heterocycles. The molecule has 2 aromatic rings. The Balaban J connectivity index is 1.56. The number of carbonyl (C=O) groups is 3. The Morgan fingerprint density at radius 3 is 2.40 bits per heavy atom. The average Bonchev–Trinajstić information content (AvgIpc) is 3.60. The molecule has 5 rings (SSSR count). The van der Waals surface area contributed by atoms with Crippen molar-refractivity contribution in [2.45, 2.75) is 54.4 Å². The van der Waals surface area contributed by atoms with Crippen molar-refractivity contribution in [3.63, 3.8) is 0 Å². The Morgan fingerprint density at radius 1 is 1.12 bits per heavy atom. The van der Waals surface area contributed by atoms with Crippen LogP contribution in [0.1, 0.15) is 24.0 Å². The molecule has 9 heteroatoms. The summed E-state index contributed by atoms with van der Waals surface area (Å²) in [4.78, 5) is 45.5. The molecular weight excluding hydrogens is 600 g/mol. The maximum Gasteiger partial charge on any atom is 0.312 e. The first-order valence-corrected chi connectivity index (χ1v) is 15.3. The molecule has 3 saturated heterocycles. The summed E-state index contributed by atoms with van der Waals surface area (Å²) in [6.45, 7) is 7.89. The van der Waals surface area contributed by atoms with Gasteiger partial charge in [-0.15, -0.1) is 13.2 Å². The zero-order chi connectivity index (χ0) is 29.9. The minimum atomic E-state index is -1.25. The number of carbonyl (C=O) groups excluding carboxylic acids is 3. The quantitative estimate of drug-likeness (QED) is 0.156. The van der Waals surface area contributed by atoms with E-state index in [1.807, 2.05) is 60.7 Å². The van der Waals surface area contributed by atoms with Gasteiger partial charge in [0.15, 0.2) is 0 Å². The van der Waals surface area contributed by atoms with Crippen LogP contribution in [-0.2, 0) is 36.8 Å². The third kappa shape index (κ3) is 5.45. The molecule has 3 heterocycles. The molecule has 0 radical (unpaired) electrons. The van der Waals surface area contributed by atoms with E-state index in [0.29, 0.717) is 25.8 Å². The molecule has 3 fully saturated rings. The summed E-state index contributed by atoms with van der Waals surface area (Å²) in [5.41, 5.74) is 0.593. The van der Waals surface area contributed by atoms with Crippen LogP contribution in [0.15, 0.2) is 86.0 Å². The Morgan fingerprint density at radius 2 is 1.79 bits per heavy atom. The second kappa shape index (κ2) is 12.9. The van der Waals surface area contributed by atoms with Crippen LogP contribution in [0.5, 0.6) is 0 Å². The van der Waals surface area contributed by atoms with Gasteiger partial charge in [0, 0.05) is 17.9 Å². The van der Waals surface area contributed by atoms with Crippen molar-refractivity contribution < 1.29 is 29.0 Å². The Kier molecular flexibility index (Phi) is 9.30. The van der Waals surface area contributed by atoms with Gasteiger partial charge in [-0.2, -0.15) is 0 Å². The maximum atomic E-state index is 14.7. The lowest BCUT2D eigenvalue weighted by atomic mass is 9.70. The van der Waals surface area contributed by atoms with Gasteiger partial charge in [-0.05, 0) is 30.4 Å². The van der Waals surface area contributed by atoms with E-state index in [1.54, 1.807) is 17.1 Å². The molecule has 0 saturated carbocycles. The van der Waals surface area contributed by atoms with E-state index >= 15 is 0 Å². The number of likely N-dealkylation sites (tertiary alicyclic amines) is 1. The van der Waals surface area contributed by atoms with Crippen LogP contribution in [0.4, 0.5) is 0 Å². The summed E-state index contributed by atoms with van der Waals surface area (Å²) in [5.74, 6) is -2.97. The number of hydrogen-bond acceptors (Lipinski definition) is 6. The number of nitrogens with zero attached hydrogens (tertiary/aromatic N) is 2. The average molecular weight is 638 g/mol. The number of amides is 2. The fourth-order valence-electron chi connectivity index (χ4n) is 6.85. The number of rotatable bonds is 13. The molecule has 1 N–H and O–H groups in total. The second-order valence-corrected chi connectivity index (χ2v) is 12.3. The molecule has 2 bridgehead atoms. The van der Waals surface area contributed by atoms with Gasteiger partial charge in [0.05, 0.1) is 37.2 Å². The normalized spacial score (nSPS) is 28.3. The van der Waals surface area contributed by atoms with Crippen LogP contribution >= 0.6 is 15.9 Å². The van der Waals surface area contributed by atoms with Gasteiger partial charge in [-0.25, -0.2) is 0 Å². The molecule has 2 amide bonds. The van der Waals surface area contributed by atoms with Gasteiger partial charge in [0.1, 0.15) is 11.6 Å². The van der Waals surface area contributed by atoms with Crippen molar-refractivity contribution >= 4 is 33.7 Å². The minimum absolute atomic E-state index is 0.149. The van der Waals surface area contributed by atoms with E-state index in [4.69, 9.17) is 9.47 Å². The van der Waals surface area contributed by atoms with Gasteiger partial charge in [-0.3, -0.25) is 14.4 Å². The van der Waals surface area contributed by atoms with Crippen molar-refractivity contribution in [1.29, 1.82) is 0 Å². The van der Waals surface area contributed by atoms with E-state index < -0.39 is 41.6 Å². The van der Waals surface area contributed by atoms with E-state index in [9.17, 15) is 19.5 Å². The summed E-state index contributed by atoms with van der Waals surface area (Å²) in [7, 11) is 0. The number of aliphatic hydroxyl groups excluding tert-OH is 1. The van der Waals surface area contributed by atoms with E-state index in [1.165, 1.54) is 4.90 Å². The van der Waals surface area contributed by atoms with Crippen LogP contribution < -0.4 is 0 Å². The molecule has 7 atom stereocenters. The lowest BCUT2D eigenvalue weighted by Gasteiger charge is -2.39. The van der Waals surface area contributed by atoms with Crippen molar-refractivity contribution in [2.75, 3.05) is 19.8 Å². The zero-order valence-corrected chi connectivity index (χ0v) is 25.1. The van der Waals surface area contributed by atoms with Gasteiger partial charge in [0.25, 0.3) is 0 Å². The Hall–Kier alpha value is -3.27. The Bertz CT molecular complexity index is 1310. The minimum Gasteiger partial charge on any atom is -0.465 e. The fraction of sp³-hybridized carbons (Fsp3) is 0.424. The van der Waals surface area contributed by atoms with Crippen molar-refractivity contribution in [1.82, 2.24) is 9.80 Å². The second-order valence-electron chi connectivity index (χ2n) is 11.2. The number of alkyl halides is 1. The van der Waals surface area contributed by atoms with E-state index in [0.717, 1.165) is 11.1 Å². The standard InChI is InChI=1S/C33H37BrN2O6/c1-3-5-17-41-32(40)26-27-30(38)36(24(21-37)18-22-12-8-6-9-13-22)29(33(27)19-25(34)28(26)42-33)31(39)35(16-4-2)20-23-14-10-7-11-15-23/h3-4,6-15,24-29,37H,1-2,5,16-21H2/t24-,25?,26+,27+,28+,29?,33?/m1/s1. The summed E-state index contributed by atoms with van der Waals surface area (Å²) in [6, 6.07) is 17.4. The molecule has 222 valence electrons. The third-order valence-electron chi connectivity index (χ3n) is 8.60. The van der Waals surface area contributed by atoms with Crippen LogP contribution in [-0.4, -0.2) is 81.1 Å². The van der Waals surface area contributed by atoms with Gasteiger partial charge in [-0.1, -0.05) is 88.7 Å². The molecule has 0 aliphatic carbocycles. The third-order valence-corrected chi connectivity index (χ3v) is 9.44. The van der Waals surface area contributed by atoms with Crippen molar-refractivity contribution in [3.05, 3.63) is 97.1 Å². The molecule has 1 spiro atoms. The summed E-state index contributed by atoms with van der Waals surface area (Å²) in [5, 5.41) is 10.7. The summed E-state index contributed by atoms with van der Waals surface area (Å²) in [6.07, 6.45) is 3.89. The molecule has 2 aromatic carbocycles. The topological polar surface area (TPSA) is 96.4 Å². The molecule has 42 heavy (non-hydrogen) atoms. The van der Waals surface area contributed by atoms with Gasteiger partial charge < -0.3 is 24.4 Å². The molecular formula is C33H37BrN2O6. The monoisotopic (exact) mass is 636 g/mol. The van der Waals surface area contributed by atoms with Gasteiger partial charge in [0.2, 0.25) is 11.8 Å². The smallest absolute Gasteiger partial charge is 0.312 e. The summed E-state index contributed by atoms with van der Waals surface area (Å²) >= 11 is 3.69. The number of fused-ring (bicyclic) bond motifs is 1. The van der Waals surface area contributed by atoms with Gasteiger partial charge >= 0.3 is 5.97 Å². The first kappa shape index (κ1) is 30.2. The van der Waals surface area contributed by atoms with E-state index in [2.05, 4.69) is 29.1 Å². The van der Waals surface area contributed by atoms with Crippen LogP contribution in [0.2, 0.25) is 0 Å². The van der Waals surface area contributed by atoms with Crippen molar-refractivity contribution in [3.8, 4) is 0 Å². The predicted molar refractivity (Wildman–Crippen MR) is 161 cm³/mol. The van der Waals surface area contributed by atoms with Crippen LogP contribution in [0.3, 0.4) is 0 Å². The number of hydrogen-bond donors (Lipinski definition) is 1. The zero-order valence-electron chi connectivity index (χ0n) is 23.5. The molecule has 3 aliphatic heterocycles. The number of benzene rings is 2. The highest BCUT2D eigenvalue weighted by atomic mass is 79.9. The maximum absolute atomic E-state index is 14.7. The largest absolute Gasteiger partial charge is 0.465 e. The SMILES string of the molecule is C=CCCOC(=O)[C@H]1[C@H]2C(=O)N([C@@H](CO)Cc3ccccc3)C(C(=O)N(CC=C)Cc3ccccc3)C23CC(Br)[C@@H]1O3. The predicted octanol–water partition coefficient (Wildman–Crippen LogP) is 3.67. The Labute approximate surface area is 255 Å². The number of esters is 1. The first-order chi connectivity index (χ1) is 20.4. The van der Waals surface area contributed by atoms with Crippen LogP contribution in [0, 0.1) is 11.8 Å². The molecule has 3 unspecified atom stereocenters. The first-order valence-electron chi connectivity index (χ1n) is 14.4.